The van der Waals surface area contributed by atoms with Crippen molar-refractivity contribution >= 4 is 6.09 Å². The van der Waals surface area contributed by atoms with Gasteiger partial charge >= 0.3 is 6.09 Å². The van der Waals surface area contributed by atoms with Crippen LogP contribution >= 0.6 is 0 Å². The Morgan fingerprint density at radius 1 is 1.57 bits per heavy atom. The largest absolute Gasteiger partial charge is 0.447 e. The minimum atomic E-state index is -0.184. The lowest BCUT2D eigenvalue weighted by atomic mass is 10.3. The zero-order valence-corrected chi connectivity index (χ0v) is 9.25. The van der Waals surface area contributed by atoms with Crippen LogP contribution in [0.5, 0.6) is 0 Å². The fourth-order valence-corrected chi connectivity index (χ4v) is 1.56. The first-order valence-electron chi connectivity index (χ1n) is 5.29. The average Bonchev–Trinajstić information content (AvgIpc) is 2.28. The molecule has 0 spiro atoms. The number of amides is 1. The van der Waals surface area contributed by atoms with E-state index in [0.29, 0.717) is 0 Å². The molecule has 1 rings (SSSR count). The fraction of sp³-hybridized carbons (Fsp3) is 0.900. The Hall–Kier alpha value is -0.770. The quantitative estimate of drug-likeness (QED) is 0.692. The second-order valence-electron chi connectivity index (χ2n) is 4.03. The molecule has 1 aliphatic rings. The van der Waals surface area contributed by atoms with E-state index in [2.05, 4.69) is 5.32 Å². The molecule has 0 aliphatic carbocycles. The molecule has 1 heterocycles. The number of nitrogens with one attached hydrogen (secondary N) is 1. The Labute approximate surface area is 85.6 Å². The Morgan fingerprint density at radius 3 is 2.93 bits per heavy atom. The second kappa shape index (κ2) is 5.20. The molecule has 0 radical (unpaired) electrons. The van der Waals surface area contributed by atoms with E-state index >= 15 is 0 Å². The summed E-state index contributed by atoms with van der Waals surface area (Å²) in [7, 11) is 0. The highest BCUT2D eigenvalue weighted by atomic mass is 16.6. The first-order valence-corrected chi connectivity index (χ1v) is 5.29. The standard InChI is InChI=1S/C10H20N2O2/c1-8(2)14-10(13)12-6-4-5-11-7-9(12)3/h8-9,11H,4-7H2,1-3H3. The summed E-state index contributed by atoms with van der Waals surface area (Å²) in [6.45, 7) is 8.42. The van der Waals surface area contributed by atoms with Gasteiger partial charge in [0, 0.05) is 19.1 Å². The number of carbonyl (C=O) groups is 1. The van der Waals surface area contributed by atoms with Gasteiger partial charge in [0.2, 0.25) is 0 Å². The van der Waals surface area contributed by atoms with Crippen LogP contribution in [-0.2, 0) is 4.74 Å². The van der Waals surface area contributed by atoms with Crippen molar-refractivity contribution in [1.29, 1.82) is 0 Å². The summed E-state index contributed by atoms with van der Waals surface area (Å²) in [5.41, 5.74) is 0. The molecule has 1 amide bonds. The van der Waals surface area contributed by atoms with Crippen molar-refractivity contribution in [3.05, 3.63) is 0 Å². The molecule has 0 aromatic carbocycles. The highest BCUT2D eigenvalue weighted by molar-refractivity contribution is 5.68. The van der Waals surface area contributed by atoms with Crippen molar-refractivity contribution in [1.82, 2.24) is 10.2 Å². The molecule has 1 saturated heterocycles. The molecule has 0 saturated carbocycles. The Bertz CT molecular complexity index is 195. The molecule has 14 heavy (non-hydrogen) atoms. The first-order chi connectivity index (χ1) is 6.61. The third kappa shape index (κ3) is 3.18. The highest BCUT2D eigenvalue weighted by Crippen LogP contribution is 2.07. The van der Waals surface area contributed by atoms with E-state index in [0.717, 1.165) is 26.1 Å². The van der Waals surface area contributed by atoms with Crippen LogP contribution in [0.3, 0.4) is 0 Å². The fourth-order valence-electron chi connectivity index (χ4n) is 1.56. The summed E-state index contributed by atoms with van der Waals surface area (Å²) in [5, 5.41) is 3.29. The van der Waals surface area contributed by atoms with E-state index in [4.69, 9.17) is 4.74 Å². The Balaban J connectivity index is 2.50. The summed E-state index contributed by atoms with van der Waals surface area (Å²) in [6.07, 6.45) is 0.777. The first kappa shape index (κ1) is 11.3. The van der Waals surface area contributed by atoms with Crippen LogP contribution in [0.2, 0.25) is 0 Å². The van der Waals surface area contributed by atoms with Gasteiger partial charge in [0.25, 0.3) is 0 Å². The smallest absolute Gasteiger partial charge is 0.410 e. The number of ether oxygens (including phenoxy) is 1. The van der Waals surface area contributed by atoms with Gasteiger partial charge in [0.1, 0.15) is 0 Å². The highest BCUT2D eigenvalue weighted by Gasteiger charge is 2.23. The lowest BCUT2D eigenvalue weighted by Crippen LogP contribution is -2.42. The van der Waals surface area contributed by atoms with Crippen molar-refractivity contribution in [2.75, 3.05) is 19.6 Å². The van der Waals surface area contributed by atoms with Gasteiger partial charge in [-0.15, -0.1) is 0 Å². The molecule has 4 heteroatoms. The monoisotopic (exact) mass is 200 g/mol. The number of hydrogen-bond donors (Lipinski definition) is 1. The molecule has 0 bridgehead atoms. The normalized spacial score (nSPS) is 23.4. The van der Waals surface area contributed by atoms with Crippen molar-refractivity contribution in [2.45, 2.75) is 39.3 Å². The van der Waals surface area contributed by atoms with Crippen molar-refractivity contribution in [2.24, 2.45) is 0 Å². The van der Waals surface area contributed by atoms with E-state index in [1.807, 2.05) is 20.8 Å². The molecule has 0 aromatic heterocycles. The van der Waals surface area contributed by atoms with Crippen molar-refractivity contribution < 1.29 is 9.53 Å². The summed E-state index contributed by atoms with van der Waals surface area (Å²) in [5.74, 6) is 0. The van der Waals surface area contributed by atoms with Gasteiger partial charge in [-0.05, 0) is 33.7 Å². The molecule has 0 aromatic rings. The van der Waals surface area contributed by atoms with Gasteiger partial charge in [0.15, 0.2) is 0 Å². The van der Waals surface area contributed by atoms with E-state index in [1.54, 1.807) is 4.90 Å². The minimum absolute atomic E-state index is 0.0362. The average molecular weight is 200 g/mol. The van der Waals surface area contributed by atoms with E-state index in [9.17, 15) is 4.79 Å². The van der Waals surface area contributed by atoms with Gasteiger partial charge in [0.05, 0.1) is 6.10 Å². The van der Waals surface area contributed by atoms with Crippen LogP contribution in [0.15, 0.2) is 0 Å². The molecule has 4 nitrogen and oxygen atoms in total. The molecule has 1 unspecified atom stereocenters. The lowest BCUT2D eigenvalue weighted by Gasteiger charge is -2.26. The number of nitrogens with zero attached hydrogens (tertiary/aromatic N) is 1. The molecular formula is C10H20N2O2. The molecule has 1 fully saturated rings. The van der Waals surface area contributed by atoms with Crippen LogP contribution < -0.4 is 5.32 Å². The maximum Gasteiger partial charge on any atom is 0.410 e. The zero-order chi connectivity index (χ0) is 10.6. The number of hydrogen-bond acceptors (Lipinski definition) is 3. The third-order valence-corrected chi connectivity index (χ3v) is 2.30. The molecule has 1 atom stereocenters. The molecular weight excluding hydrogens is 180 g/mol. The van der Waals surface area contributed by atoms with E-state index in [-0.39, 0.29) is 18.2 Å². The summed E-state index contributed by atoms with van der Waals surface area (Å²) >= 11 is 0. The lowest BCUT2D eigenvalue weighted by molar-refractivity contribution is 0.0681. The maximum absolute atomic E-state index is 11.6. The summed E-state index contributed by atoms with van der Waals surface area (Å²) in [4.78, 5) is 13.5. The number of rotatable bonds is 1. The van der Waals surface area contributed by atoms with Crippen LogP contribution in [0.1, 0.15) is 27.2 Å². The number of carbonyl (C=O) groups excluding carboxylic acids is 1. The predicted octanol–water partition coefficient (Wildman–Crippen LogP) is 1.22. The zero-order valence-electron chi connectivity index (χ0n) is 9.25. The van der Waals surface area contributed by atoms with Crippen LogP contribution in [0.4, 0.5) is 4.79 Å². The van der Waals surface area contributed by atoms with E-state index in [1.165, 1.54) is 0 Å². The summed E-state index contributed by atoms with van der Waals surface area (Å²) < 4.78 is 5.17. The van der Waals surface area contributed by atoms with Gasteiger partial charge in [-0.2, -0.15) is 0 Å². The van der Waals surface area contributed by atoms with Crippen LogP contribution in [-0.4, -0.2) is 42.8 Å². The van der Waals surface area contributed by atoms with Gasteiger partial charge in [-0.25, -0.2) is 4.79 Å². The summed E-state index contributed by atoms with van der Waals surface area (Å²) in [6, 6.07) is 0.226. The molecule has 1 N–H and O–H groups in total. The predicted molar refractivity (Wildman–Crippen MR) is 55.3 cm³/mol. The Kier molecular flexibility index (Phi) is 4.20. The van der Waals surface area contributed by atoms with Crippen LogP contribution in [0.25, 0.3) is 0 Å². The van der Waals surface area contributed by atoms with Crippen molar-refractivity contribution in [3.63, 3.8) is 0 Å². The second-order valence-corrected chi connectivity index (χ2v) is 4.03. The SMILES string of the molecule is CC(C)OC(=O)N1CCCNCC1C. The topological polar surface area (TPSA) is 41.6 Å². The minimum Gasteiger partial charge on any atom is -0.447 e. The van der Waals surface area contributed by atoms with Crippen LogP contribution in [0, 0.1) is 0 Å². The van der Waals surface area contributed by atoms with Crippen molar-refractivity contribution in [3.8, 4) is 0 Å². The van der Waals surface area contributed by atoms with Gasteiger partial charge in [-0.1, -0.05) is 0 Å². The van der Waals surface area contributed by atoms with Gasteiger partial charge in [-0.3, -0.25) is 0 Å². The molecule has 1 aliphatic heterocycles. The third-order valence-electron chi connectivity index (χ3n) is 2.30. The van der Waals surface area contributed by atoms with Gasteiger partial charge < -0.3 is 15.0 Å². The molecule has 82 valence electrons. The maximum atomic E-state index is 11.6. The Morgan fingerprint density at radius 2 is 2.29 bits per heavy atom. The van der Waals surface area contributed by atoms with E-state index < -0.39 is 0 Å².